The van der Waals surface area contributed by atoms with Crippen LogP contribution >= 0.6 is 11.6 Å². The van der Waals surface area contributed by atoms with Crippen molar-refractivity contribution in [2.24, 2.45) is 5.73 Å². The van der Waals surface area contributed by atoms with Gasteiger partial charge in [0.05, 0.1) is 28.6 Å². The van der Waals surface area contributed by atoms with Crippen molar-refractivity contribution < 1.29 is 14.6 Å². The fourth-order valence-electron chi connectivity index (χ4n) is 1.79. The maximum Gasteiger partial charge on any atom is 0.337 e. The van der Waals surface area contributed by atoms with Crippen LogP contribution in [0.15, 0.2) is 18.2 Å². The third-order valence-electron chi connectivity index (χ3n) is 2.74. The number of carbonyl (C=O) groups is 1. The van der Waals surface area contributed by atoms with Gasteiger partial charge in [-0.05, 0) is 18.2 Å². The van der Waals surface area contributed by atoms with Crippen molar-refractivity contribution in [1.82, 2.24) is 15.0 Å². The minimum absolute atomic E-state index is 0.00247. The van der Waals surface area contributed by atoms with Crippen LogP contribution in [-0.2, 0) is 17.9 Å². The van der Waals surface area contributed by atoms with E-state index in [4.69, 9.17) is 27.2 Å². The van der Waals surface area contributed by atoms with Crippen LogP contribution in [0.4, 0.5) is 0 Å². The number of benzene rings is 1. The Balaban J connectivity index is 2.54. The van der Waals surface area contributed by atoms with E-state index < -0.39 is 5.97 Å². The highest BCUT2D eigenvalue weighted by molar-refractivity contribution is 6.33. The Hall–Kier alpha value is -1.96. The highest BCUT2D eigenvalue weighted by atomic mass is 35.5. The van der Waals surface area contributed by atoms with Gasteiger partial charge < -0.3 is 15.6 Å². The number of ether oxygens (including phenoxy) is 1. The minimum atomic E-state index is -1.11. The zero-order valence-corrected chi connectivity index (χ0v) is 11.5. The summed E-state index contributed by atoms with van der Waals surface area (Å²) in [6.07, 6.45) is 0. The first-order chi connectivity index (χ1) is 9.58. The van der Waals surface area contributed by atoms with Gasteiger partial charge in [-0.3, -0.25) is 0 Å². The summed E-state index contributed by atoms with van der Waals surface area (Å²) >= 11 is 5.84. The molecule has 0 fully saturated rings. The van der Waals surface area contributed by atoms with Crippen molar-refractivity contribution in [1.29, 1.82) is 0 Å². The van der Waals surface area contributed by atoms with E-state index in [9.17, 15) is 4.79 Å². The largest absolute Gasteiger partial charge is 0.478 e. The molecule has 0 saturated carbocycles. The number of halogens is 1. The standard InChI is InChI=1S/C12H13ClN4O3/c1-20-6-11-10(5-14)15-16-17(11)7-2-3-9(13)8(4-7)12(18)19/h2-4H,5-6,14H2,1H3,(H,18,19). The van der Waals surface area contributed by atoms with Gasteiger partial charge in [-0.1, -0.05) is 16.8 Å². The normalized spacial score (nSPS) is 10.8. The summed E-state index contributed by atoms with van der Waals surface area (Å²) in [6.45, 7) is 0.489. The molecular formula is C12H13ClN4O3. The zero-order chi connectivity index (χ0) is 14.7. The average Bonchev–Trinajstić information content (AvgIpc) is 2.82. The number of hydrogen-bond acceptors (Lipinski definition) is 5. The molecule has 0 atom stereocenters. The molecular weight excluding hydrogens is 284 g/mol. The maximum absolute atomic E-state index is 11.1. The average molecular weight is 297 g/mol. The quantitative estimate of drug-likeness (QED) is 0.860. The van der Waals surface area contributed by atoms with Crippen molar-refractivity contribution in [3.05, 3.63) is 40.2 Å². The topological polar surface area (TPSA) is 103 Å². The fraction of sp³-hybridized carbons (Fsp3) is 0.250. The molecule has 8 heteroatoms. The molecule has 3 N–H and O–H groups in total. The van der Waals surface area contributed by atoms with Crippen molar-refractivity contribution >= 4 is 17.6 Å². The van der Waals surface area contributed by atoms with Crippen LogP contribution < -0.4 is 5.73 Å². The summed E-state index contributed by atoms with van der Waals surface area (Å²) in [4.78, 5) is 11.1. The van der Waals surface area contributed by atoms with Crippen LogP contribution in [0.25, 0.3) is 5.69 Å². The summed E-state index contributed by atoms with van der Waals surface area (Å²) in [6, 6.07) is 4.59. The van der Waals surface area contributed by atoms with E-state index in [1.165, 1.54) is 16.8 Å². The van der Waals surface area contributed by atoms with Gasteiger partial charge in [0.1, 0.15) is 5.69 Å². The summed E-state index contributed by atoms with van der Waals surface area (Å²) < 4.78 is 6.59. The number of carboxylic acid groups (broad SMARTS) is 1. The molecule has 1 heterocycles. The predicted octanol–water partition coefficient (Wildman–Crippen LogP) is 1.22. The Bertz CT molecular complexity index is 642. The lowest BCUT2D eigenvalue weighted by Gasteiger charge is -2.08. The van der Waals surface area contributed by atoms with E-state index >= 15 is 0 Å². The molecule has 0 aliphatic rings. The van der Waals surface area contributed by atoms with E-state index in [0.717, 1.165) is 0 Å². The van der Waals surface area contributed by atoms with Gasteiger partial charge in [-0.2, -0.15) is 0 Å². The summed E-state index contributed by atoms with van der Waals surface area (Å²) in [5.41, 5.74) is 7.39. The summed E-state index contributed by atoms with van der Waals surface area (Å²) in [5, 5.41) is 17.2. The monoisotopic (exact) mass is 296 g/mol. The molecule has 0 aliphatic heterocycles. The molecule has 0 radical (unpaired) electrons. The number of aromatic nitrogens is 3. The molecule has 0 spiro atoms. The first-order valence-electron chi connectivity index (χ1n) is 5.74. The third-order valence-corrected chi connectivity index (χ3v) is 3.07. The molecule has 0 aliphatic carbocycles. The van der Waals surface area contributed by atoms with Crippen LogP contribution in [0.2, 0.25) is 5.02 Å². The van der Waals surface area contributed by atoms with Gasteiger partial charge in [0, 0.05) is 13.7 Å². The van der Waals surface area contributed by atoms with Gasteiger partial charge in [-0.25, -0.2) is 9.48 Å². The van der Waals surface area contributed by atoms with E-state index in [0.29, 0.717) is 17.1 Å². The second kappa shape index (κ2) is 6.00. The molecule has 20 heavy (non-hydrogen) atoms. The lowest BCUT2D eigenvalue weighted by Crippen LogP contribution is -2.08. The molecule has 106 valence electrons. The van der Waals surface area contributed by atoms with Crippen LogP contribution in [0, 0.1) is 0 Å². The van der Waals surface area contributed by atoms with Crippen molar-refractivity contribution in [2.45, 2.75) is 13.2 Å². The smallest absolute Gasteiger partial charge is 0.337 e. The van der Waals surface area contributed by atoms with E-state index in [1.54, 1.807) is 13.2 Å². The highest BCUT2D eigenvalue weighted by Crippen LogP contribution is 2.21. The number of hydrogen-bond donors (Lipinski definition) is 2. The Kier molecular flexibility index (Phi) is 4.33. The number of nitrogens with two attached hydrogens (primary N) is 1. The Labute approximate surface area is 119 Å². The lowest BCUT2D eigenvalue weighted by molar-refractivity contribution is 0.0697. The molecule has 7 nitrogen and oxygen atoms in total. The minimum Gasteiger partial charge on any atom is -0.478 e. The van der Waals surface area contributed by atoms with E-state index in [-0.39, 0.29) is 23.7 Å². The number of nitrogens with zero attached hydrogens (tertiary/aromatic N) is 3. The maximum atomic E-state index is 11.1. The molecule has 1 aromatic carbocycles. The number of methoxy groups -OCH3 is 1. The first-order valence-corrected chi connectivity index (χ1v) is 6.12. The lowest BCUT2D eigenvalue weighted by atomic mass is 10.2. The van der Waals surface area contributed by atoms with Crippen molar-refractivity contribution in [2.75, 3.05) is 7.11 Å². The Morgan fingerprint density at radius 3 is 2.90 bits per heavy atom. The second-order valence-corrected chi connectivity index (χ2v) is 4.41. The highest BCUT2D eigenvalue weighted by Gasteiger charge is 2.16. The number of rotatable bonds is 5. The molecule has 0 bridgehead atoms. The molecule has 0 amide bonds. The summed E-state index contributed by atoms with van der Waals surface area (Å²) in [5.74, 6) is -1.11. The first kappa shape index (κ1) is 14.4. The molecule has 2 rings (SSSR count). The summed E-state index contributed by atoms with van der Waals surface area (Å²) in [7, 11) is 1.54. The van der Waals surface area contributed by atoms with Gasteiger partial charge >= 0.3 is 5.97 Å². The number of carboxylic acids is 1. The van der Waals surface area contributed by atoms with Crippen LogP contribution in [-0.4, -0.2) is 33.2 Å². The van der Waals surface area contributed by atoms with E-state index in [2.05, 4.69) is 10.3 Å². The SMILES string of the molecule is COCc1c(CN)nnn1-c1ccc(Cl)c(C(=O)O)c1. The third kappa shape index (κ3) is 2.64. The van der Waals surface area contributed by atoms with Crippen LogP contribution in [0.3, 0.4) is 0 Å². The molecule has 0 unspecified atom stereocenters. The fourth-order valence-corrected chi connectivity index (χ4v) is 1.99. The van der Waals surface area contributed by atoms with E-state index in [1.807, 2.05) is 0 Å². The molecule has 0 saturated heterocycles. The second-order valence-electron chi connectivity index (χ2n) is 4.00. The predicted molar refractivity (Wildman–Crippen MR) is 71.9 cm³/mol. The van der Waals surface area contributed by atoms with Gasteiger partial charge in [-0.15, -0.1) is 5.10 Å². The molecule has 1 aromatic heterocycles. The van der Waals surface area contributed by atoms with Gasteiger partial charge in [0.25, 0.3) is 0 Å². The van der Waals surface area contributed by atoms with Crippen LogP contribution in [0.5, 0.6) is 0 Å². The Morgan fingerprint density at radius 2 is 2.30 bits per heavy atom. The molecule has 2 aromatic rings. The zero-order valence-electron chi connectivity index (χ0n) is 10.7. The van der Waals surface area contributed by atoms with Crippen molar-refractivity contribution in [3.8, 4) is 5.69 Å². The van der Waals surface area contributed by atoms with Crippen molar-refractivity contribution in [3.63, 3.8) is 0 Å². The van der Waals surface area contributed by atoms with Gasteiger partial charge in [0.2, 0.25) is 0 Å². The number of aromatic carboxylic acids is 1. The van der Waals surface area contributed by atoms with Gasteiger partial charge in [0.15, 0.2) is 0 Å². The Morgan fingerprint density at radius 1 is 1.55 bits per heavy atom. The van der Waals surface area contributed by atoms with Crippen LogP contribution in [0.1, 0.15) is 21.7 Å².